The number of hydrogen-bond acceptors (Lipinski definition) is 2. The third kappa shape index (κ3) is 2.70. The molecule has 0 unspecified atom stereocenters. The number of nitrogens with zero attached hydrogens (tertiary/aromatic N) is 2. The first kappa shape index (κ1) is 13.2. The van der Waals surface area contributed by atoms with Gasteiger partial charge in [-0.1, -0.05) is 25.3 Å². The summed E-state index contributed by atoms with van der Waals surface area (Å²) < 4.78 is 0. The zero-order valence-electron chi connectivity index (χ0n) is 11.7. The third-order valence-corrected chi connectivity index (χ3v) is 4.38. The fourth-order valence-corrected chi connectivity index (χ4v) is 3.21. The van der Waals surface area contributed by atoms with Crippen LogP contribution in [-0.2, 0) is 0 Å². The summed E-state index contributed by atoms with van der Waals surface area (Å²) in [7, 11) is 0. The maximum Gasteiger partial charge on any atom is 0.254 e. The van der Waals surface area contributed by atoms with Gasteiger partial charge < -0.3 is 4.90 Å². The molecule has 2 saturated carbocycles. The number of benzene rings is 1. The van der Waals surface area contributed by atoms with E-state index in [4.69, 9.17) is 5.26 Å². The third-order valence-electron chi connectivity index (χ3n) is 4.38. The minimum absolute atomic E-state index is 0.122. The van der Waals surface area contributed by atoms with Gasteiger partial charge in [-0.3, -0.25) is 4.79 Å². The lowest BCUT2D eigenvalue weighted by atomic mass is 9.93. The van der Waals surface area contributed by atoms with Crippen molar-refractivity contribution in [1.29, 1.82) is 5.26 Å². The number of amides is 1. The van der Waals surface area contributed by atoms with Crippen molar-refractivity contribution in [2.24, 2.45) is 0 Å². The minimum Gasteiger partial charge on any atom is -0.333 e. The number of carbonyl (C=O) groups is 1. The highest BCUT2D eigenvalue weighted by atomic mass is 16.2. The fourth-order valence-electron chi connectivity index (χ4n) is 3.21. The molecule has 1 aromatic carbocycles. The largest absolute Gasteiger partial charge is 0.333 e. The van der Waals surface area contributed by atoms with Crippen LogP contribution in [0, 0.1) is 11.3 Å². The van der Waals surface area contributed by atoms with Crippen LogP contribution in [0.4, 0.5) is 0 Å². The summed E-state index contributed by atoms with van der Waals surface area (Å²) in [5, 5.41) is 8.98. The summed E-state index contributed by atoms with van der Waals surface area (Å²) in [5.41, 5.74) is 1.23. The molecular weight excluding hydrogens is 248 g/mol. The van der Waals surface area contributed by atoms with Crippen LogP contribution < -0.4 is 0 Å². The lowest BCUT2D eigenvalue weighted by Crippen LogP contribution is -2.43. The highest BCUT2D eigenvalue weighted by Crippen LogP contribution is 2.34. The Morgan fingerprint density at radius 2 is 1.80 bits per heavy atom. The number of nitriles is 1. The Labute approximate surface area is 120 Å². The normalized spacial score (nSPS) is 19.4. The molecule has 3 heteroatoms. The quantitative estimate of drug-likeness (QED) is 0.842. The summed E-state index contributed by atoms with van der Waals surface area (Å²) in [5.74, 6) is 0.122. The van der Waals surface area contributed by atoms with E-state index < -0.39 is 0 Å². The predicted octanol–water partition coefficient (Wildman–Crippen LogP) is 3.50. The number of carbonyl (C=O) groups excluding carboxylic acids is 1. The molecule has 3 nitrogen and oxygen atoms in total. The molecule has 2 aliphatic carbocycles. The van der Waals surface area contributed by atoms with Crippen molar-refractivity contribution < 1.29 is 4.79 Å². The van der Waals surface area contributed by atoms with E-state index in [1.165, 1.54) is 19.3 Å². The average Bonchev–Trinajstić information content (AvgIpc) is 3.33. The van der Waals surface area contributed by atoms with E-state index in [9.17, 15) is 4.79 Å². The molecule has 0 heterocycles. The Morgan fingerprint density at radius 1 is 1.10 bits per heavy atom. The van der Waals surface area contributed by atoms with Gasteiger partial charge in [-0.2, -0.15) is 5.26 Å². The Morgan fingerprint density at radius 3 is 2.45 bits per heavy atom. The van der Waals surface area contributed by atoms with Crippen molar-refractivity contribution in [2.45, 2.75) is 57.0 Å². The van der Waals surface area contributed by atoms with Crippen molar-refractivity contribution in [2.75, 3.05) is 0 Å². The van der Waals surface area contributed by atoms with Gasteiger partial charge in [-0.25, -0.2) is 0 Å². The molecule has 20 heavy (non-hydrogen) atoms. The van der Waals surface area contributed by atoms with Gasteiger partial charge in [0.05, 0.1) is 11.6 Å². The highest BCUT2D eigenvalue weighted by Gasteiger charge is 2.38. The van der Waals surface area contributed by atoms with Crippen molar-refractivity contribution in [1.82, 2.24) is 4.90 Å². The molecule has 2 aliphatic rings. The van der Waals surface area contributed by atoms with E-state index in [0.717, 1.165) is 25.7 Å². The second-order valence-electron chi connectivity index (χ2n) is 5.93. The van der Waals surface area contributed by atoms with Crippen molar-refractivity contribution in [3.05, 3.63) is 35.4 Å². The van der Waals surface area contributed by atoms with E-state index >= 15 is 0 Å². The van der Waals surface area contributed by atoms with Crippen LogP contribution in [0.1, 0.15) is 60.9 Å². The Hall–Kier alpha value is -1.82. The average molecular weight is 268 g/mol. The first-order chi connectivity index (χ1) is 9.79. The molecular formula is C17H20N2O. The molecule has 0 radical (unpaired) electrons. The number of rotatable bonds is 3. The van der Waals surface area contributed by atoms with Crippen LogP contribution >= 0.6 is 0 Å². The van der Waals surface area contributed by atoms with Crippen LogP contribution in [0.25, 0.3) is 0 Å². The predicted molar refractivity (Wildman–Crippen MR) is 77.2 cm³/mol. The van der Waals surface area contributed by atoms with Gasteiger partial charge in [0.2, 0.25) is 0 Å². The van der Waals surface area contributed by atoms with E-state index in [1.807, 2.05) is 6.07 Å². The molecule has 0 N–H and O–H groups in total. The van der Waals surface area contributed by atoms with Gasteiger partial charge in [0, 0.05) is 17.6 Å². The monoisotopic (exact) mass is 268 g/mol. The SMILES string of the molecule is N#Cc1cccc(C(=O)N(C2CCCCC2)C2CC2)c1. The lowest BCUT2D eigenvalue weighted by Gasteiger charge is -2.34. The summed E-state index contributed by atoms with van der Waals surface area (Å²) in [6.45, 7) is 0. The van der Waals surface area contributed by atoms with Crippen LogP contribution in [0.5, 0.6) is 0 Å². The number of hydrogen-bond donors (Lipinski definition) is 0. The molecule has 1 amide bonds. The Bertz CT molecular complexity index is 536. The first-order valence-corrected chi connectivity index (χ1v) is 7.62. The molecule has 0 spiro atoms. The maximum absolute atomic E-state index is 12.8. The van der Waals surface area contributed by atoms with E-state index in [0.29, 0.717) is 23.2 Å². The minimum atomic E-state index is 0.122. The highest BCUT2D eigenvalue weighted by molar-refractivity contribution is 5.95. The van der Waals surface area contributed by atoms with Crippen LogP contribution in [0.2, 0.25) is 0 Å². The second-order valence-corrected chi connectivity index (χ2v) is 5.93. The van der Waals surface area contributed by atoms with Crippen molar-refractivity contribution in [3.63, 3.8) is 0 Å². The van der Waals surface area contributed by atoms with Crippen LogP contribution in [-0.4, -0.2) is 22.9 Å². The van der Waals surface area contributed by atoms with Gasteiger partial charge in [-0.15, -0.1) is 0 Å². The molecule has 0 saturated heterocycles. The first-order valence-electron chi connectivity index (χ1n) is 7.62. The van der Waals surface area contributed by atoms with Crippen molar-refractivity contribution >= 4 is 5.91 Å². The molecule has 0 aromatic heterocycles. The van der Waals surface area contributed by atoms with E-state index in [-0.39, 0.29) is 5.91 Å². The molecule has 2 fully saturated rings. The molecule has 0 atom stereocenters. The van der Waals surface area contributed by atoms with Crippen molar-refractivity contribution in [3.8, 4) is 6.07 Å². The van der Waals surface area contributed by atoms with E-state index in [2.05, 4.69) is 11.0 Å². The van der Waals surface area contributed by atoms with Gasteiger partial charge >= 0.3 is 0 Å². The van der Waals surface area contributed by atoms with Crippen LogP contribution in [0.3, 0.4) is 0 Å². The lowest BCUT2D eigenvalue weighted by molar-refractivity contribution is 0.0614. The standard InChI is InChI=1S/C17H20N2O/c18-12-13-5-4-6-14(11-13)17(20)19(16-9-10-16)15-7-2-1-3-8-15/h4-6,11,15-16H,1-3,7-10H2. The topological polar surface area (TPSA) is 44.1 Å². The van der Waals surface area contributed by atoms with Gasteiger partial charge in [0.1, 0.15) is 0 Å². The maximum atomic E-state index is 12.8. The summed E-state index contributed by atoms with van der Waals surface area (Å²) in [6.07, 6.45) is 8.33. The zero-order valence-corrected chi connectivity index (χ0v) is 11.7. The molecule has 0 aliphatic heterocycles. The van der Waals surface area contributed by atoms with Crippen LogP contribution in [0.15, 0.2) is 24.3 Å². The molecule has 3 rings (SSSR count). The smallest absolute Gasteiger partial charge is 0.254 e. The Kier molecular flexibility index (Phi) is 3.73. The van der Waals surface area contributed by atoms with Gasteiger partial charge in [0.25, 0.3) is 5.91 Å². The zero-order chi connectivity index (χ0) is 13.9. The Balaban J connectivity index is 1.83. The van der Waals surface area contributed by atoms with E-state index in [1.54, 1.807) is 18.2 Å². The molecule has 0 bridgehead atoms. The summed E-state index contributed by atoms with van der Waals surface area (Å²) in [6, 6.07) is 10.1. The molecule has 1 aromatic rings. The summed E-state index contributed by atoms with van der Waals surface area (Å²) in [4.78, 5) is 14.9. The van der Waals surface area contributed by atoms with Gasteiger partial charge in [-0.05, 0) is 43.9 Å². The molecule has 104 valence electrons. The van der Waals surface area contributed by atoms with Gasteiger partial charge in [0.15, 0.2) is 0 Å². The second kappa shape index (κ2) is 5.66. The fraction of sp³-hybridized carbons (Fsp3) is 0.529. The summed E-state index contributed by atoms with van der Waals surface area (Å²) >= 11 is 0.